The maximum absolute atomic E-state index is 13.5. The molecule has 0 saturated carbocycles. The Morgan fingerprint density at radius 2 is 1.70 bits per heavy atom. The normalized spacial score (nSPS) is 11.4. The summed E-state index contributed by atoms with van der Waals surface area (Å²) in [7, 11) is 0. The molecule has 6 nitrogen and oxygen atoms in total. The molecule has 0 fully saturated rings. The highest BCUT2D eigenvalue weighted by Gasteiger charge is 2.15. The van der Waals surface area contributed by atoms with Crippen LogP contribution in [0.5, 0.6) is 0 Å². The summed E-state index contributed by atoms with van der Waals surface area (Å²) in [5.74, 6) is 0.412. The van der Waals surface area contributed by atoms with E-state index in [2.05, 4.69) is 4.98 Å². The zero-order valence-electron chi connectivity index (χ0n) is 18.6. The first kappa shape index (κ1) is 21.2. The number of hydrogen-bond donors (Lipinski definition) is 0. The van der Waals surface area contributed by atoms with Gasteiger partial charge in [0.05, 0.1) is 22.3 Å². The Labute approximate surface area is 194 Å². The highest BCUT2D eigenvalue weighted by Crippen LogP contribution is 2.25. The Morgan fingerprint density at radius 1 is 0.879 bits per heavy atom. The maximum atomic E-state index is 13.5. The van der Waals surface area contributed by atoms with E-state index in [1.54, 1.807) is 27.3 Å². The molecular weight excluding hydrogens is 432 g/mol. The van der Waals surface area contributed by atoms with E-state index < -0.39 is 0 Å². The van der Waals surface area contributed by atoms with E-state index in [1.165, 1.54) is 11.8 Å². The summed E-state index contributed by atoms with van der Waals surface area (Å²) < 4.78 is 3.19. The Kier molecular flexibility index (Phi) is 5.34. The van der Waals surface area contributed by atoms with E-state index in [4.69, 9.17) is 4.98 Å². The van der Waals surface area contributed by atoms with Crippen molar-refractivity contribution in [3.05, 3.63) is 110 Å². The molecule has 7 heteroatoms. The third kappa shape index (κ3) is 3.96. The van der Waals surface area contributed by atoms with Gasteiger partial charge >= 0.3 is 0 Å². The van der Waals surface area contributed by atoms with Crippen molar-refractivity contribution >= 4 is 28.3 Å². The smallest absolute Gasteiger partial charge is 0.266 e. The highest BCUT2D eigenvalue weighted by atomic mass is 32.2. The van der Waals surface area contributed by atoms with E-state index in [0.717, 1.165) is 22.4 Å². The minimum absolute atomic E-state index is 0.117. The Bertz CT molecular complexity index is 1650. The molecule has 5 aromatic rings. The van der Waals surface area contributed by atoms with Crippen LogP contribution in [0, 0.1) is 20.8 Å². The van der Waals surface area contributed by atoms with Crippen molar-refractivity contribution in [3.63, 3.8) is 0 Å². The Morgan fingerprint density at radius 3 is 2.52 bits per heavy atom. The van der Waals surface area contributed by atoms with Gasteiger partial charge < -0.3 is 0 Å². The van der Waals surface area contributed by atoms with Gasteiger partial charge in [-0.05, 0) is 67.8 Å². The lowest BCUT2D eigenvalue weighted by Crippen LogP contribution is -2.22. The number of hydrogen-bond acceptors (Lipinski definition) is 5. The third-order valence-corrected chi connectivity index (χ3v) is 6.68. The van der Waals surface area contributed by atoms with Gasteiger partial charge in [0.25, 0.3) is 11.1 Å². The summed E-state index contributed by atoms with van der Waals surface area (Å²) in [5.41, 5.74) is 5.66. The van der Waals surface area contributed by atoms with Gasteiger partial charge in [-0.2, -0.15) is 0 Å². The first-order valence-electron chi connectivity index (χ1n) is 10.6. The van der Waals surface area contributed by atoms with Crippen molar-refractivity contribution in [1.29, 1.82) is 0 Å². The van der Waals surface area contributed by atoms with Gasteiger partial charge in [-0.25, -0.2) is 9.97 Å². The molecule has 0 amide bonds. The van der Waals surface area contributed by atoms with Crippen LogP contribution in [-0.4, -0.2) is 18.9 Å². The molecule has 3 aromatic heterocycles. The quantitative estimate of drug-likeness (QED) is 0.293. The number of fused-ring (bicyclic) bond motifs is 2. The molecule has 3 heterocycles. The average Bonchev–Trinajstić information content (AvgIpc) is 2.80. The number of para-hydroxylation sites is 1. The van der Waals surface area contributed by atoms with Gasteiger partial charge in [0.1, 0.15) is 5.65 Å². The number of benzene rings is 2. The van der Waals surface area contributed by atoms with Gasteiger partial charge in [0.15, 0.2) is 5.16 Å². The van der Waals surface area contributed by atoms with Crippen molar-refractivity contribution in [2.24, 2.45) is 0 Å². The maximum Gasteiger partial charge on any atom is 0.266 e. The fourth-order valence-corrected chi connectivity index (χ4v) is 4.68. The summed E-state index contributed by atoms with van der Waals surface area (Å²) >= 11 is 1.40. The lowest BCUT2D eigenvalue weighted by atomic mass is 10.1. The Hall–Kier alpha value is -3.71. The lowest BCUT2D eigenvalue weighted by Gasteiger charge is -2.14. The van der Waals surface area contributed by atoms with Crippen molar-refractivity contribution in [2.75, 3.05) is 0 Å². The van der Waals surface area contributed by atoms with Crippen molar-refractivity contribution in [2.45, 2.75) is 31.7 Å². The molecule has 0 unspecified atom stereocenters. The van der Waals surface area contributed by atoms with Crippen LogP contribution in [-0.2, 0) is 5.75 Å². The van der Waals surface area contributed by atoms with Gasteiger partial charge in [0, 0.05) is 18.0 Å². The van der Waals surface area contributed by atoms with Crippen LogP contribution in [0.25, 0.3) is 22.2 Å². The minimum Gasteiger partial charge on any atom is -0.269 e. The Balaban J connectivity index is 1.61. The number of aromatic nitrogens is 4. The summed E-state index contributed by atoms with van der Waals surface area (Å²) in [6, 6.07) is 18.6. The van der Waals surface area contributed by atoms with Gasteiger partial charge in [-0.3, -0.25) is 18.6 Å². The predicted molar refractivity (Wildman–Crippen MR) is 133 cm³/mol. The van der Waals surface area contributed by atoms with E-state index in [1.807, 2.05) is 69.3 Å². The standard InChI is InChI=1S/C26H22N4O2S/c1-16-8-11-23-27-19(13-24(31)29(23)14-16)15-33-26-28-22-7-5-4-6-21(22)25(32)30(26)20-10-9-17(2)18(3)12-20/h4-14H,15H2,1-3H3. The lowest BCUT2D eigenvalue weighted by molar-refractivity contribution is 0.817. The molecule has 2 aromatic carbocycles. The second kappa shape index (κ2) is 8.33. The van der Waals surface area contributed by atoms with Crippen LogP contribution < -0.4 is 11.1 Å². The fourth-order valence-electron chi connectivity index (χ4n) is 3.77. The molecule has 33 heavy (non-hydrogen) atoms. The van der Waals surface area contributed by atoms with Crippen LogP contribution in [0.3, 0.4) is 0 Å². The number of thioether (sulfide) groups is 1. The fraction of sp³-hybridized carbons (Fsp3) is 0.154. The molecule has 0 bridgehead atoms. The highest BCUT2D eigenvalue weighted by molar-refractivity contribution is 7.98. The van der Waals surface area contributed by atoms with Crippen LogP contribution in [0.1, 0.15) is 22.4 Å². The molecule has 5 rings (SSSR count). The molecule has 0 spiro atoms. The number of nitrogens with zero attached hydrogens (tertiary/aromatic N) is 4. The summed E-state index contributed by atoms with van der Waals surface area (Å²) in [6.45, 7) is 6.01. The van der Waals surface area contributed by atoms with Gasteiger partial charge in [-0.1, -0.05) is 36.0 Å². The molecule has 0 N–H and O–H groups in total. The number of rotatable bonds is 4. The molecule has 0 saturated heterocycles. The zero-order valence-corrected chi connectivity index (χ0v) is 19.4. The van der Waals surface area contributed by atoms with Crippen LogP contribution in [0.15, 0.2) is 81.6 Å². The van der Waals surface area contributed by atoms with E-state index in [-0.39, 0.29) is 11.1 Å². The predicted octanol–water partition coefficient (Wildman–Crippen LogP) is 4.61. The molecular formula is C26H22N4O2S. The summed E-state index contributed by atoms with van der Waals surface area (Å²) in [6.07, 6.45) is 1.78. The summed E-state index contributed by atoms with van der Waals surface area (Å²) in [4.78, 5) is 35.5. The molecule has 0 atom stereocenters. The SMILES string of the molecule is Cc1ccc2nc(CSc3nc4ccccc4c(=O)n3-c3ccc(C)c(C)c3)cc(=O)n2c1. The first-order chi connectivity index (χ1) is 15.9. The third-order valence-electron chi connectivity index (χ3n) is 5.70. The topological polar surface area (TPSA) is 69.3 Å². The molecule has 0 aliphatic rings. The zero-order chi connectivity index (χ0) is 23.1. The van der Waals surface area contributed by atoms with E-state index in [9.17, 15) is 9.59 Å². The number of pyridine rings is 1. The van der Waals surface area contributed by atoms with Gasteiger partial charge in [-0.15, -0.1) is 0 Å². The summed E-state index contributed by atoms with van der Waals surface area (Å²) in [5, 5.41) is 1.13. The molecule has 0 aliphatic heterocycles. The van der Waals surface area contributed by atoms with Crippen molar-refractivity contribution in [1.82, 2.24) is 18.9 Å². The molecule has 0 aliphatic carbocycles. The average molecular weight is 455 g/mol. The largest absolute Gasteiger partial charge is 0.269 e. The minimum atomic E-state index is -0.127. The second-order valence-corrected chi connectivity index (χ2v) is 9.07. The first-order valence-corrected chi connectivity index (χ1v) is 11.6. The van der Waals surface area contributed by atoms with E-state index in [0.29, 0.717) is 33.2 Å². The van der Waals surface area contributed by atoms with E-state index >= 15 is 0 Å². The van der Waals surface area contributed by atoms with Gasteiger partial charge in [0.2, 0.25) is 0 Å². The van der Waals surface area contributed by atoms with Crippen LogP contribution in [0.4, 0.5) is 0 Å². The second-order valence-electron chi connectivity index (χ2n) is 8.13. The van der Waals surface area contributed by atoms with Crippen LogP contribution in [0.2, 0.25) is 0 Å². The van der Waals surface area contributed by atoms with Crippen molar-refractivity contribution < 1.29 is 0 Å². The molecule has 0 radical (unpaired) electrons. The number of aryl methyl sites for hydroxylation is 3. The monoisotopic (exact) mass is 454 g/mol. The van der Waals surface area contributed by atoms with Crippen molar-refractivity contribution in [3.8, 4) is 5.69 Å². The van der Waals surface area contributed by atoms with Crippen LogP contribution >= 0.6 is 11.8 Å². The molecule has 164 valence electrons.